The van der Waals surface area contributed by atoms with E-state index >= 15 is 0 Å². The molecule has 8 fully saturated rings. The molecular formula is C42H51Cl2CuN9O4. The Morgan fingerprint density at radius 1 is 0.707 bits per heavy atom. The number of aromatic nitrogens is 4. The minimum Gasteiger partial charge on any atom is -0.338 e. The number of halogens is 2. The number of likely N-dealkylation sites (tertiary alicyclic amines) is 1. The molecule has 4 bridgehead atoms. The maximum absolute atomic E-state index is 12.8. The van der Waals surface area contributed by atoms with E-state index in [1.165, 1.54) is 4.90 Å². The number of carbonyl (C=O) groups is 4. The van der Waals surface area contributed by atoms with Crippen molar-refractivity contribution in [2.75, 3.05) is 75.2 Å². The maximum atomic E-state index is 12.8. The Morgan fingerprint density at radius 3 is 1.62 bits per heavy atom. The van der Waals surface area contributed by atoms with Gasteiger partial charge < -0.3 is 15.1 Å². The number of carbonyl (C=O) groups excluding carboxylic acids is 4. The van der Waals surface area contributed by atoms with E-state index in [1.54, 1.807) is 35.8 Å². The first-order valence-electron chi connectivity index (χ1n) is 21.2. The van der Waals surface area contributed by atoms with Crippen LogP contribution >= 0.6 is 20.2 Å². The van der Waals surface area contributed by atoms with Gasteiger partial charge in [0, 0.05) is 95.4 Å². The number of terminal acetylenes is 1. The number of ketones is 2. The Labute approximate surface area is 358 Å². The molecule has 8 aliphatic rings. The number of Topliss-reactive ketones (excluding diaryl/α,β-unsaturated/α-hetero) is 2. The SMILES string of the molecule is C#CCN1C(=O)[C@@H]2[C@@H]3CC[C@@H](C3)[C@@H]2C1=O.[2H]C([2H])(C#CCC1C(=O)[C@@H]2[C@@H]3CC[C@@H](C3)[C@@H]2C1=O)N1CCN(c2ncccn2)CC1.[Cl][Cu][Cl].c1cnc(N2CCNCC2)nc1. The van der Waals surface area contributed by atoms with Crippen molar-refractivity contribution in [1.29, 1.82) is 0 Å². The quantitative estimate of drug-likeness (QED) is 0.204. The first kappa shape index (κ1) is 39.8. The molecule has 5 saturated carbocycles. The van der Waals surface area contributed by atoms with Crippen LogP contribution in [-0.2, 0) is 32.3 Å². The minimum absolute atomic E-state index is 0.00449. The second-order valence-corrected chi connectivity index (χ2v) is 17.6. The number of rotatable bonds is 5. The molecule has 3 aliphatic heterocycles. The normalized spacial score (nSPS) is 32.4. The Hall–Kier alpha value is -3.62. The van der Waals surface area contributed by atoms with E-state index in [0.717, 1.165) is 83.8 Å². The summed E-state index contributed by atoms with van der Waals surface area (Å²) < 4.78 is 16.7. The maximum Gasteiger partial charge on any atom is 0.225 e. The summed E-state index contributed by atoms with van der Waals surface area (Å²) in [7, 11) is 9.34. The fourth-order valence-electron chi connectivity index (χ4n) is 10.7. The van der Waals surface area contributed by atoms with E-state index < -0.39 is 12.4 Å². The van der Waals surface area contributed by atoms with Crippen LogP contribution in [0.4, 0.5) is 11.9 Å². The van der Waals surface area contributed by atoms with Crippen molar-refractivity contribution in [2.45, 2.75) is 44.9 Å². The molecule has 0 radical (unpaired) electrons. The van der Waals surface area contributed by atoms with Gasteiger partial charge >= 0.3 is 33.3 Å². The van der Waals surface area contributed by atoms with Gasteiger partial charge in [0.1, 0.15) is 11.6 Å². The summed E-state index contributed by atoms with van der Waals surface area (Å²) in [5.74, 6) is 10.5. The fraction of sp³-hybridized carbons (Fsp3) is 0.619. The summed E-state index contributed by atoms with van der Waals surface area (Å²) in [5.41, 5.74) is 0. The van der Waals surface area contributed by atoms with E-state index in [4.69, 9.17) is 9.16 Å². The van der Waals surface area contributed by atoms with Gasteiger partial charge in [0.05, 0.1) is 33.5 Å². The summed E-state index contributed by atoms with van der Waals surface area (Å²) >= 11 is 0.757. The molecule has 0 aromatic carbocycles. The van der Waals surface area contributed by atoms with Crippen molar-refractivity contribution in [3.8, 4) is 24.2 Å². The predicted octanol–water partition coefficient (Wildman–Crippen LogP) is 3.34. The molecule has 2 aromatic heterocycles. The zero-order valence-electron chi connectivity index (χ0n) is 34.3. The first-order valence-corrected chi connectivity index (χ1v) is 22.8. The summed E-state index contributed by atoms with van der Waals surface area (Å²) in [6.07, 6.45) is 18.8. The van der Waals surface area contributed by atoms with Crippen molar-refractivity contribution in [1.82, 2.24) is 35.1 Å². The van der Waals surface area contributed by atoms with Gasteiger partial charge in [0.25, 0.3) is 0 Å². The monoisotopic (exact) mass is 880 g/mol. The Morgan fingerprint density at radius 2 is 1.16 bits per heavy atom. The number of anilines is 2. The number of nitrogens with one attached hydrogen (secondary N) is 1. The van der Waals surface area contributed by atoms with Gasteiger partial charge in [-0.1, -0.05) is 11.8 Å². The minimum atomic E-state index is -1.79. The topological polar surface area (TPSA) is 145 Å². The third kappa shape index (κ3) is 9.23. The number of hydrogen-bond acceptors (Lipinski definition) is 12. The number of piperazine rings is 2. The van der Waals surface area contributed by atoms with Gasteiger partial charge in [-0.05, 0) is 74.3 Å². The summed E-state index contributed by atoms with van der Waals surface area (Å²) in [4.78, 5) is 73.7. The molecule has 1 N–H and O–H groups in total. The van der Waals surface area contributed by atoms with Crippen LogP contribution in [0, 0.1) is 77.4 Å². The van der Waals surface area contributed by atoms with Crippen LogP contribution in [0.3, 0.4) is 0 Å². The van der Waals surface area contributed by atoms with E-state index in [2.05, 4.69) is 68.1 Å². The number of hydrogen-bond donors (Lipinski definition) is 1. The van der Waals surface area contributed by atoms with E-state index in [1.807, 2.05) is 11.0 Å². The van der Waals surface area contributed by atoms with Crippen molar-refractivity contribution in [3.63, 3.8) is 0 Å². The number of imide groups is 1. The number of fused-ring (bicyclic) bond motifs is 10. The molecule has 0 spiro atoms. The molecule has 58 heavy (non-hydrogen) atoms. The number of amides is 2. The molecule has 5 heterocycles. The van der Waals surface area contributed by atoms with Gasteiger partial charge in [-0.25, -0.2) is 19.9 Å². The molecule has 9 atom stereocenters. The van der Waals surface area contributed by atoms with Crippen LogP contribution in [-0.4, -0.2) is 119 Å². The first-order chi connectivity index (χ1) is 29.1. The summed E-state index contributed by atoms with van der Waals surface area (Å²) in [6.45, 7) is 4.69. The van der Waals surface area contributed by atoms with E-state index in [-0.39, 0.29) is 60.0 Å². The molecule has 10 rings (SSSR count). The smallest absolute Gasteiger partial charge is 0.225 e. The molecule has 313 valence electrons. The van der Waals surface area contributed by atoms with Gasteiger partial charge in [-0.3, -0.25) is 29.0 Å². The van der Waals surface area contributed by atoms with Crippen LogP contribution in [0.25, 0.3) is 0 Å². The van der Waals surface area contributed by atoms with Crippen molar-refractivity contribution in [3.05, 3.63) is 36.9 Å². The molecule has 2 aromatic rings. The summed E-state index contributed by atoms with van der Waals surface area (Å²) in [6, 6.07) is 3.61. The van der Waals surface area contributed by atoms with Crippen LogP contribution in [0.1, 0.15) is 47.7 Å². The third-order valence-corrected chi connectivity index (χ3v) is 13.2. The second kappa shape index (κ2) is 20.1. The average molecular weight is 882 g/mol. The number of nitrogens with zero attached hydrogens (tertiary/aromatic N) is 8. The Kier molecular flexibility index (Phi) is 13.8. The molecule has 13 nitrogen and oxygen atoms in total. The Balaban J connectivity index is 0.000000150. The molecular weight excluding hydrogens is 829 g/mol. The fourth-order valence-corrected chi connectivity index (χ4v) is 10.7. The standard InChI is InChI=1S/C22H26N4O2.C12H13NO2.C8H12N4.2ClH.Cu/c27-20-17(21(28)19-16-6-5-15(14-16)18(19)20)4-1-2-9-25-10-12-26(13-11-25)22-23-7-3-8-24-22;1-2-5-13-11(14)9-7-3-4-8(6-7)10(9)12(13)15;1-2-10-8(11-3-1)12-6-4-9-5-7-12;;;/h3,7-8,15-19H,4-6,9-14H2;1,7-10H,3-6H2;1-3,9H,4-7H2;2*1H;/q;;;;;+2/p-2/t15-,16+,17?,18-,19+;7-,8+,9-,10+;;;;/i9D2;;;;;. The van der Waals surface area contributed by atoms with Gasteiger partial charge in [-0.2, -0.15) is 0 Å². The predicted molar refractivity (Wildman–Crippen MR) is 217 cm³/mol. The van der Waals surface area contributed by atoms with Gasteiger partial charge in [-0.15, -0.1) is 12.3 Å². The zero-order valence-corrected chi connectivity index (χ0v) is 34.8. The molecule has 5 aliphatic carbocycles. The Bertz CT molecular complexity index is 1900. The van der Waals surface area contributed by atoms with Crippen LogP contribution < -0.4 is 15.1 Å². The molecule has 2 amide bonds. The van der Waals surface area contributed by atoms with Crippen molar-refractivity contribution in [2.24, 2.45) is 53.3 Å². The van der Waals surface area contributed by atoms with Gasteiger partial charge in [0.2, 0.25) is 23.7 Å². The molecule has 16 heteroatoms. The zero-order chi connectivity index (χ0) is 42.4. The van der Waals surface area contributed by atoms with Gasteiger partial charge in [0.15, 0.2) is 0 Å². The molecule has 1 unspecified atom stereocenters. The van der Waals surface area contributed by atoms with Crippen molar-refractivity contribution >= 4 is 55.5 Å². The van der Waals surface area contributed by atoms with E-state index in [0.29, 0.717) is 55.8 Å². The van der Waals surface area contributed by atoms with Crippen LogP contribution in [0.5, 0.6) is 0 Å². The van der Waals surface area contributed by atoms with Crippen molar-refractivity contribution < 1.29 is 35.1 Å². The summed E-state index contributed by atoms with van der Waals surface area (Å²) in [5, 5.41) is 3.29. The van der Waals surface area contributed by atoms with Crippen LogP contribution in [0.15, 0.2) is 36.9 Å². The molecule has 3 saturated heterocycles. The van der Waals surface area contributed by atoms with Crippen LogP contribution in [0.2, 0.25) is 0 Å². The largest absolute Gasteiger partial charge is 0.338 e. The second-order valence-electron chi connectivity index (χ2n) is 16.1. The van der Waals surface area contributed by atoms with E-state index in [9.17, 15) is 19.2 Å². The average Bonchev–Trinajstić information content (AvgIpc) is 4.15. The third-order valence-electron chi connectivity index (χ3n) is 13.2.